The Morgan fingerprint density at radius 2 is 1.43 bits per heavy atom. The van der Waals surface area contributed by atoms with Crippen LogP contribution in [0.15, 0.2) is 66.7 Å². The lowest BCUT2D eigenvalue weighted by Gasteiger charge is -2.36. The first-order chi connectivity index (χ1) is 19.6. The van der Waals surface area contributed by atoms with E-state index < -0.39 is 0 Å². The molecule has 3 aromatic rings. The molecule has 2 fully saturated rings. The first-order valence-electron chi connectivity index (χ1n) is 14.6. The SMILES string of the molecule is CCN(CC)CCN(CC(=O)N1CCN(c2ccc(-c3ccc(-c4ccccc4)cc3)nn2)CC1)C(=O)C1CC1. The van der Waals surface area contributed by atoms with Gasteiger partial charge in [0.25, 0.3) is 0 Å². The van der Waals surface area contributed by atoms with E-state index in [9.17, 15) is 9.59 Å². The van der Waals surface area contributed by atoms with Gasteiger partial charge in [0.05, 0.1) is 12.2 Å². The number of hydrogen-bond acceptors (Lipinski definition) is 6. The van der Waals surface area contributed by atoms with Crippen molar-refractivity contribution in [2.75, 3.05) is 63.8 Å². The molecule has 2 amide bonds. The summed E-state index contributed by atoms with van der Waals surface area (Å²) >= 11 is 0. The van der Waals surface area contributed by atoms with E-state index in [0.29, 0.717) is 32.7 Å². The first kappa shape index (κ1) is 27.8. The van der Waals surface area contributed by atoms with Crippen molar-refractivity contribution in [3.63, 3.8) is 0 Å². The van der Waals surface area contributed by atoms with E-state index in [1.54, 1.807) is 4.90 Å². The standard InChI is InChI=1S/C32H40N6O2/c1-3-35(4-2)18-19-38(32(40)28-14-15-28)24-31(39)37-22-20-36(21-23-37)30-17-16-29(33-34-30)27-12-10-26(11-13-27)25-8-6-5-7-9-25/h5-13,16-17,28H,3-4,14-15,18-24H2,1-2H3. The van der Waals surface area contributed by atoms with Crippen LogP contribution in [0.3, 0.4) is 0 Å². The maximum absolute atomic E-state index is 13.2. The molecule has 8 heteroatoms. The number of carbonyl (C=O) groups is 2. The molecule has 0 unspecified atom stereocenters. The predicted molar refractivity (Wildman–Crippen MR) is 159 cm³/mol. The Morgan fingerprint density at radius 3 is 2.02 bits per heavy atom. The van der Waals surface area contributed by atoms with Crippen LogP contribution in [0, 0.1) is 5.92 Å². The number of carbonyl (C=O) groups excluding carboxylic acids is 2. The molecule has 0 radical (unpaired) electrons. The summed E-state index contributed by atoms with van der Waals surface area (Å²) in [5, 5.41) is 8.99. The van der Waals surface area contributed by atoms with Crippen molar-refractivity contribution < 1.29 is 9.59 Å². The molecule has 5 rings (SSSR count). The van der Waals surface area contributed by atoms with Crippen LogP contribution in [0.2, 0.25) is 0 Å². The lowest BCUT2D eigenvalue weighted by Crippen LogP contribution is -2.52. The summed E-state index contributed by atoms with van der Waals surface area (Å²) in [6, 6.07) is 22.7. The fourth-order valence-electron chi connectivity index (χ4n) is 5.22. The summed E-state index contributed by atoms with van der Waals surface area (Å²) < 4.78 is 0. The molecular weight excluding hydrogens is 500 g/mol. The number of benzene rings is 2. The zero-order valence-electron chi connectivity index (χ0n) is 23.7. The normalized spacial score (nSPS) is 15.4. The average molecular weight is 541 g/mol. The molecule has 0 N–H and O–H groups in total. The van der Waals surface area contributed by atoms with Crippen LogP contribution in [0.4, 0.5) is 5.82 Å². The summed E-state index contributed by atoms with van der Waals surface area (Å²) in [7, 11) is 0. The van der Waals surface area contributed by atoms with E-state index in [-0.39, 0.29) is 24.3 Å². The second kappa shape index (κ2) is 13.0. The quantitative estimate of drug-likeness (QED) is 0.366. The Kier molecular flexibility index (Phi) is 9.06. The van der Waals surface area contributed by atoms with Gasteiger partial charge in [-0.15, -0.1) is 10.2 Å². The van der Waals surface area contributed by atoms with E-state index >= 15 is 0 Å². The summed E-state index contributed by atoms with van der Waals surface area (Å²) in [6.07, 6.45) is 1.90. The molecule has 40 heavy (non-hydrogen) atoms. The van der Waals surface area contributed by atoms with E-state index in [4.69, 9.17) is 0 Å². The molecule has 210 valence electrons. The fourth-order valence-corrected chi connectivity index (χ4v) is 5.22. The summed E-state index contributed by atoms with van der Waals surface area (Å²) in [5.41, 5.74) is 4.22. The molecule has 2 heterocycles. The minimum absolute atomic E-state index is 0.0357. The number of hydrogen-bond donors (Lipinski definition) is 0. The fraction of sp³-hybridized carbons (Fsp3) is 0.438. The Morgan fingerprint density at radius 1 is 0.775 bits per heavy atom. The summed E-state index contributed by atoms with van der Waals surface area (Å²) in [4.78, 5) is 34.2. The number of aromatic nitrogens is 2. The number of piperazine rings is 1. The third kappa shape index (κ3) is 6.86. The van der Waals surface area contributed by atoms with Crippen molar-refractivity contribution in [1.82, 2.24) is 24.9 Å². The van der Waals surface area contributed by atoms with Gasteiger partial charge in [0.2, 0.25) is 11.8 Å². The maximum Gasteiger partial charge on any atom is 0.242 e. The van der Waals surface area contributed by atoms with Crippen molar-refractivity contribution in [2.45, 2.75) is 26.7 Å². The summed E-state index contributed by atoms with van der Waals surface area (Å²) in [6.45, 7) is 10.4. The highest BCUT2D eigenvalue weighted by Gasteiger charge is 2.35. The first-order valence-corrected chi connectivity index (χ1v) is 14.6. The van der Waals surface area contributed by atoms with Crippen LogP contribution >= 0.6 is 0 Å². The molecule has 0 bridgehead atoms. The Hall–Kier alpha value is -3.78. The molecule has 1 aliphatic carbocycles. The van der Waals surface area contributed by atoms with Gasteiger partial charge in [-0.3, -0.25) is 9.59 Å². The Bertz CT molecular complexity index is 1250. The van der Waals surface area contributed by atoms with Crippen molar-refractivity contribution >= 4 is 17.6 Å². The molecule has 1 aliphatic heterocycles. The number of likely N-dealkylation sites (N-methyl/N-ethyl adjacent to an activating group) is 1. The van der Waals surface area contributed by atoms with E-state index in [1.807, 2.05) is 35.2 Å². The zero-order valence-corrected chi connectivity index (χ0v) is 23.7. The van der Waals surface area contributed by atoms with Crippen LogP contribution in [0.25, 0.3) is 22.4 Å². The highest BCUT2D eigenvalue weighted by Crippen LogP contribution is 2.31. The number of nitrogens with zero attached hydrogens (tertiary/aromatic N) is 6. The smallest absolute Gasteiger partial charge is 0.242 e. The lowest BCUT2D eigenvalue weighted by molar-refractivity contribution is -0.141. The van der Waals surface area contributed by atoms with Gasteiger partial charge in [-0.2, -0.15) is 0 Å². The van der Waals surface area contributed by atoms with Gasteiger partial charge in [-0.05, 0) is 49.2 Å². The van der Waals surface area contributed by atoms with Gasteiger partial charge < -0.3 is 19.6 Å². The van der Waals surface area contributed by atoms with Crippen LogP contribution < -0.4 is 4.90 Å². The van der Waals surface area contributed by atoms with E-state index in [2.05, 4.69) is 70.2 Å². The van der Waals surface area contributed by atoms with Gasteiger partial charge in [0.15, 0.2) is 5.82 Å². The molecule has 2 aliphatic rings. The third-order valence-corrected chi connectivity index (χ3v) is 8.04. The monoisotopic (exact) mass is 540 g/mol. The van der Waals surface area contributed by atoms with Gasteiger partial charge in [0, 0.05) is 50.7 Å². The minimum Gasteiger partial charge on any atom is -0.352 e. The van der Waals surface area contributed by atoms with Crippen LogP contribution in [0.5, 0.6) is 0 Å². The largest absolute Gasteiger partial charge is 0.352 e. The van der Waals surface area contributed by atoms with Crippen LogP contribution in [-0.2, 0) is 9.59 Å². The molecule has 1 aromatic heterocycles. The summed E-state index contributed by atoms with van der Waals surface area (Å²) in [5.74, 6) is 1.11. The minimum atomic E-state index is 0.0357. The second-order valence-corrected chi connectivity index (χ2v) is 10.6. The molecule has 0 atom stereocenters. The van der Waals surface area contributed by atoms with Gasteiger partial charge >= 0.3 is 0 Å². The number of amides is 2. The van der Waals surface area contributed by atoms with E-state index in [0.717, 1.165) is 49.6 Å². The van der Waals surface area contributed by atoms with Gasteiger partial charge in [-0.1, -0.05) is 68.4 Å². The van der Waals surface area contributed by atoms with Gasteiger partial charge in [-0.25, -0.2) is 0 Å². The van der Waals surface area contributed by atoms with Crippen molar-refractivity contribution in [2.24, 2.45) is 5.92 Å². The molecule has 8 nitrogen and oxygen atoms in total. The van der Waals surface area contributed by atoms with E-state index in [1.165, 1.54) is 11.1 Å². The number of anilines is 1. The van der Waals surface area contributed by atoms with Gasteiger partial charge in [0.1, 0.15) is 0 Å². The molecule has 1 saturated heterocycles. The zero-order chi connectivity index (χ0) is 27.9. The Balaban J connectivity index is 1.14. The highest BCUT2D eigenvalue weighted by molar-refractivity contribution is 5.87. The average Bonchev–Trinajstić information content (AvgIpc) is 3.87. The van der Waals surface area contributed by atoms with Crippen molar-refractivity contribution in [3.05, 3.63) is 66.7 Å². The van der Waals surface area contributed by atoms with Crippen LogP contribution in [-0.4, -0.2) is 95.6 Å². The number of rotatable bonds is 11. The highest BCUT2D eigenvalue weighted by atomic mass is 16.2. The predicted octanol–water partition coefficient (Wildman–Crippen LogP) is 4.04. The lowest BCUT2D eigenvalue weighted by atomic mass is 10.0. The second-order valence-electron chi connectivity index (χ2n) is 10.6. The van der Waals surface area contributed by atoms with Crippen molar-refractivity contribution in [3.8, 4) is 22.4 Å². The Labute approximate surface area is 237 Å². The molecule has 2 aromatic carbocycles. The molecular formula is C32H40N6O2. The molecule has 1 saturated carbocycles. The maximum atomic E-state index is 13.2. The topological polar surface area (TPSA) is 72.9 Å². The molecule has 0 spiro atoms. The third-order valence-electron chi connectivity index (χ3n) is 8.04. The van der Waals surface area contributed by atoms with Crippen molar-refractivity contribution in [1.29, 1.82) is 0 Å². The van der Waals surface area contributed by atoms with Crippen LogP contribution in [0.1, 0.15) is 26.7 Å².